The van der Waals surface area contributed by atoms with Gasteiger partial charge in [-0.05, 0) is 236 Å². The van der Waals surface area contributed by atoms with Crippen LogP contribution in [0, 0.1) is 0 Å². The molecule has 0 radical (unpaired) electrons. The van der Waals surface area contributed by atoms with Crippen LogP contribution in [0.15, 0.2) is 405 Å². The van der Waals surface area contributed by atoms with Gasteiger partial charge in [-0.3, -0.25) is 0 Å². The van der Waals surface area contributed by atoms with Crippen LogP contribution in [0.2, 0.25) is 0 Å². The van der Waals surface area contributed by atoms with E-state index in [4.69, 9.17) is 4.42 Å². The van der Waals surface area contributed by atoms with Gasteiger partial charge >= 0.3 is 0 Å². The third-order valence-electron chi connectivity index (χ3n) is 25.5. The van der Waals surface area contributed by atoms with Crippen molar-refractivity contribution in [2.45, 2.75) is 49.4 Å². The molecule has 0 N–H and O–H groups in total. The number of para-hydroxylation sites is 2. The first-order valence-corrected chi connectivity index (χ1v) is 39.6. The normalized spacial score (nSPS) is 14.3. The summed E-state index contributed by atoms with van der Waals surface area (Å²) < 4.78 is 6.73. The molecule has 113 heavy (non-hydrogen) atoms. The summed E-state index contributed by atoms with van der Waals surface area (Å²) in [5, 5.41) is 2.20. The molecule has 534 valence electrons. The zero-order valence-corrected chi connectivity index (χ0v) is 63.4. The van der Waals surface area contributed by atoms with E-state index in [0.29, 0.717) is 0 Å². The van der Waals surface area contributed by atoms with Crippen molar-refractivity contribution in [1.82, 2.24) is 0 Å². The Morgan fingerprint density at radius 3 is 1.12 bits per heavy atom. The Hall–Kier alpha value is -13.9. The fraction of sp³-hybridized carbons (Fsp3) is 0.0727. The highest BCUT2D eigenvalue weighted by Gasteiger charge is 2.49. The maximum Gasteiger partial charge on any atom is 0.137 e. The number of anilines is 6. The molecule has 1 heterocycles. The van der Waals surface area contributed by atoms with Crippen LogP contribution in [-0.2, 0) is 21.7 Å². The number of benzene rings is 17. The zero-order chi connectivity index (χ0) is 75.3. The van der Waals surface area contributed by atoms with Crippen molar-refractivity contribution >= 4 is 56.1 Å². The Kier molecular flexibility index (Phi) is 14.8. The molecule has 0 unspecified atom stereocenters. The van der Waals surface area contributed by atoms with Crippen LogP contribution in [-0.4, -0.2) is 0 Å². The van der Waals surface area contributed by atoms with Crippen molar-refractivity contribution in [2.24, 2.45) is 0 Å². The molecule has 0 saturated heterocycles. The van der Waals surface area contributed by atoms with E-state index in [1.165, 1.54) is 139 Å². The van der Waals surface area contributed by atoms with E-state index < -0.39 is 10.8 Å². The summed E-state index contributed by atoms with van der Waals surface area (Å²) >= 11 is 0. The van der Waals surface area contributed by atoms with Crippen molar-refractivity contribution in [3.05, 3.63) is 467 Å². The van der Waals surface area contributed by atoms with E-state index in [0.717, 1.165) is 61.6 Å². The molecule has 1 aromatic heterocycles. The number of hydrogen-bond acceptors (Lipinski definition) is 3. The molecule has 17 aromatic carbocycles. The lowest BCUT2D eigenvalue weighted by molar-refractivity contribution is 0.662. The zero-order valence-electron chi connectivity index (χ0n) is 63.4. The molecular formula is C110H78N2O. The van der Waals surface area contributed by atoms with Crippen LogP contribution in [0.3, 0.4) is 0 Å². The molecule has 0 bridgehead atoms. The van der Waals surface area contributed by atoms with E-state index in [1.807, 2.05) is 0 Å². The van der Waals surface area contributed by atoms with Gasteiger partial charge in [0.15, 0.2) is 0 Å². The van der Waals surface area contributed by atoms with Gasteiger partial charge in [-0.2, -0.15) is 0 Å². The van der Waals surface area contributed by atoms with Crippen molar-refractivity contribution in [2.75, 3.05) is 9.80 Å². The molecule has 4 aliphatic carbocycles. The fourth-order valence-electron chi connectivity index (χ4n) is 20.7. The van der Waals surface area contributed by atoms with Gasteiger partial charge in [-0.25, -0.2) is 0 Å². The summed E-state index contributed by atoms with van der Waals surface area (Å²) in [7, 11) is 0. The van der Waals surface area contributed by atoms with Crippen molar-refractivity contribution in [1.29, 1.82) is 0 Å². The first-order valence-electron chi connectivity index (χ1n) is 39.6. The van der Waals surface area contributed by atoms with Crippen LogP contribution in [0.5, 0.6) is 0 Å². The second-order valence-corrected chi connectivity index (χ2v) is 32.1. The monoisotopic (exact) mass is 1440 g/mol. The quantitative estimate of drug-likeness (QED) is 0.115. The van der Waals surface area contributed by atoms with Crippen LogP contribution in [0.1, 0.15) is 94.5 Å². The van der Waals surface area contributed by atoms with Gasteiger partial charge in [0.2, 0.25) is 0 Å². The highest BCUT2D eigenvalue weighted by atomic mass is 16.3. The standard InChI is InChI=1S/C110H78N2O/c1-107(2)97-51-23-20-45-88(97)94-49-28-47-85(105(94)107)73-30-26-42-80(64-73)111(79-40-18-9-19-41-79)82-56-61-91-89-59-54-72(67-100(89)110(102(91)68-82,77-36-14-7-15-37-77)78-38-16-8-17-39-78)71-55-63-98-96(66-71)95-50-29-48-86(106(95)108(98,3)4)74-31-27-43-81(65-74)112(84-58-62-93-92-46-22-25-53-103(92)113-104(93)70-84)83-57-60-90-87-44-21-24-52-99(87)109(101(90)69-83,75-32-10-5-11-33-75)76-34-12-6-13-35-76/h5-70H,1-4H3. The lowest BCUT2D eigenvalue weighted by Gasteiger charge is -2.35. The van der Waals surface area contributed by atoms with Crippen LogP contribution >= 0.6 is 0 Å². The van der Waals surface area contributed by atoms with Crippen molar-refractivity contribution < 1.29 is 4.42 Å². The van der Waals surface area contributed by atoms with Crippen LogP contribution in [0.4, 0.5) is 34.1 Å². The van der Waals surface area contributed by atoms with Crippen molar-refractivity contribution in [3.63, 3.8) is 0 Å². The van der Waals surface area contributed by atoms with Gasteiger partial charge in [-0.15, -0.1) is 0 Å². The lowest BCUT2D eigenvalue weighted by atomic mass is 9.67. The predicted molar refractivity (Wildman–Crippen MR) is 469 cm³/mol. The van der Waals surface area contributed by atoms with Gasteiger partial charge in [-0.1, -0.05) is 331 Å². The molecular weight excluding hydrogens is 1370 g/mol. The third kappa shape index (κ3) is 9.81. The smallest absolute Gasteiger partial charge is 0.137 e. The fourth-order valence-corrected chi connectivity index (χ4v) is 20.7. The van der Waals surface area contributed by atoms with E-state index in [2.05, 4.69) is 438 Å². The molecule has 4 aliphatic rings. The van der Waals surface area contributed by atoms with Gasteiger partial charge in [0.1, 0.15) is 11.2 Å². The summed E-state index contributed by atoms with van der Waals surface area (Å²) in [4.78, 5) is 4.91. The maximum atomic E-state index is 6.73. The maximum absolute atomic E-state index is 6.73. The van der Waals surface area contributed by atoms with Gasteiger partial charge < -0.3 is 14.2 Å². The minimum absolute atomic E-state index is 0.170. The molecule has 0 saturated carbocycles. The summed E-state index contributed by atoms with van der Waals surface area (Å²) in [6.07, 6.45) is 0. The largest absolute Gasteiger partial charge is 0.456 e. The average Bonchev–Trinajstić information content (AvgIpc) is 1.55. The molecule has 3 heteroatoms. The molecule has 0 atom stereocenters. The first kappa shape index (κ1) is 66.2. The van der Waals surface area contributed by atoms with E-state index in [9.17, 15) is 0 Å². The SMILES string of the molecule is CC1(C)c2ccccc2-c2cccc(-c3cccc(N(c4ccccc4)c4ccc5c(c4)C(c4ccccc4)(c4ccccc4)c4cc(-c6ccc7c(c6)-c6cccc(-c8cccc(N(c9ccc%10c(c9)C(c9ccccc9)(c9ccccc9)c9ccccc9-%10)c9ccc%10c(c9)oc9ccccc9%10)c8)c6C7(C)C)ccc4-5)c3)c21. The van der Waals surface area contributed by atoms with Gasteiger partial charge in [0, 0.05) is 61.8 Å². The molecule has 0 amide bonds. The number of furan rings is 1. The molecule has 22 rings (SSSR count). The van der Waals surface area contributed by atoms with Crippen LogP contribution < -0.4 is 9.80 Å². The first-order chi connectivity index (χ1) is 55.5. The van der Waals surface area contributed by atoms with E-state index >= 15 is 0 Å². The minimum Gasteiger partial charge on any atom is -0.456 e. The van der Waals surface area contributed by atoms with E-state index in [-0.39, 0.29) is 10.8 Å². The topological polar surface area (TPSA) is 19.6 Å². The average molecular weight is 1440 g/mol. The summed E-state index contributed by atoms with van der Waals surface area (Å²) in [6.45, 7) is 9.62. The molecule has 18 aromatic rings. The van der Waals surface area contributed by atoms with E-state index in [1.54, 1.807) is 0 Å². The van der Waals surface area contributed by atoms with Crippen molar-refractivity contribution in [3.8, 4) is 77.9 Å². The Morgan fingerprint density at radius 2 is 0.549 bits per heavy atom. The predicted octanol–water partition coefficient (Wildman–Crippen LogP) is 28.9. The molecule has 0 spiro atoms. The third-order valence-corrected chi connectivity index (χ3v) is 25.5. The highest BCUT2D eigenvalue weighted by Crippen LogP contribution is 2.62. The number of nitrogens with zero attached hydrogens (tertiary/aromatic N) is 2. The second kappa shape index (κ2) is 25.3. The Labute approximate surface area is 660 Å². The molecule has 0 fully saturated rings. The Morgan fingerprint density at radius 1 is 0.195 bits per heavy atom. The Bertz CT molecular complexity index is 6790. The Balaban J connectivity index is 0.665. The molecule has 0 aliphatic heterocycles. The number of fused-ring (bicyclic) bond motifs is 15. The van der Waals surface area contributed by atoms with Gasteiger partial charge in [0.05, 0.1) is 10.8 Å². The second-order valence-electron chi connectivity index (χ2n) is 32.1. The lowest BCUT2D eigenvalue weighted by Crippen LogP contribution is -2.28. The van der Waals surface area contributed by atoms with Crippen LogP contribution in [0.25, 0.3) is 99.8 Å². The summed E-state index contributed by atoms with van der Waals surface area (Å²) in [5.41, 5.74) is 39.0. The summed E-state index contributed by atoms with van der Waals surface area (Å²) in [5.74, 6) is 0. The number of rotatable bonds is 13. The highest BCUT2D eigenvalue weighted by molar-refractivity contribution is 6.07. The van der Waals surface area contributed by atoms with Gasteiger partial charge in [0.25, 0.3) is 0 Å². The summed E-state index contributed by atoms with van der Waals surface area (Å²) in [6, 6.07) is 150. The minimum atomic E-state index is -0.694. The number of hydrogen-bond donors (Lipinski definition) is 0. The molecule has 3 nitrogen and oxygen atoms in total.